The van der Waals surface area contributed by atoms with E-state index < -0.39 is 63.5 Å². The smallest absolute Gasteiger partial charge is 0.328 e. The summed E-state index contributed by atoms with van der Waals surface area (Å²) < 4.78 is 71.5. The van der Waals surface area contributed by atoms with Crippen LogP contribution in [0.15, 0.2) is 0 Å². The number of carboxylic acids is 1. The van der Waals surface area contributed by atoms with E-state index in [1.54, 1.807) is 0 Å². The van der Waals surface area contributed by atoms with Crippen molar-refractivity contribution < 1.29 is 41.4 Å². The molecule has 0 aliphatic carbocycles. The van der Waals surface area contributed by atoms with E-state index in [-0.39, 0.29) is 16.4 Å². The van der Waals surface area contributed by atoms with Gasteiger partial charge in [0.05, 0.1) is 12.8 Å². The van der Waals surface area contributed by atoms with Gasteiger partial charge in [-0.1, -0.05) is 30.9 Å². The molecular weight excluding hydrogens is 509 g/mol. The van der Waals surface area contributed by atoms with Gasteiger partial charge in [0, 0.05) is 13.3 Å². The molecule has 0 aliphatic heterocycles. The van der Waals surface area contributed by atoms with Crippen LogP contribution in [0.1, 0.15) is 46.5 Å². The molecule has 13 heteroatoms. The molecule has 0 aliphatic rings. The van der Waals surface area contributed by atoms with Crippen molar-refractivity contribution in [2.24, 2.45) is 0 Å². The average Bonchev–Trinajstić information content (AvgIpc) is 2.76. The fourth-order valence-electron chi connectivity index (χ4n) is 2.71. The third kappa shape index (κ3) is 7.55. The molecule has 0 fully saturated rings. The molecule has 1 N–H and O–H groups in total. The third-order valence-electron chi connectivity index (χ3n) is 4.39. The van der Waals surface area contributed by atoms with Gasteiger partial charge in [0.2, 0.25) is 40.4 Å². The number of esters is 1. The van der Waals surface area contributed by atoms with Gasteiger partial charge in [0.1, 0.15) is 8.28 Å². The SMILES string of the molecule is [C-]#[N+]C(C)(CCC(=O)O)CC(C)(SC(=S)SCCC)C(=O)Oc1c(F)c(F)c(F)c(F)c1F. The monoisotopic (exact) mass is 529 g/mol. The molecule has 0 bridgehead atoms. The molecule has 0 aromatic heterocycles. The molecule has 2 atom stereocenters. The zero-order chi connectivity index (χ0) is 25.6. The Morgan fingerprint density at radius 3 is 2.06 bits per heavy atom. The second-order valence-corrected chi connectivity index (χ2v) is 11.2. The minimum Gasteiger partial charge on any atom is -0.481 e. The Kier molecular flexibility index (Phi) is 10.6. The van der Waals surface area contributed by atoms with Crippen molar-refractivity contribution in [2.75, 3.05) is 5.75 Å². The Labute approximate surface area is 201 Å². The molecule has 1 rings (SSSR count). The fourth-order valence-corrected chi connectivity index (χ4v) is 5.80. The lowest BCUT2D eigenvalue weighted by atomic mass is 9.86. The number of ether oxygens (including phenoxy) is 1. The van der Waals surface area contributed by atoms with E-state index >= 15 is 0 Å². The van der Waals surface area contributed by atoms with Gasteiger partial charge in [-0.05, 0) is 19.1 Å². The number of rotatable bonds is 10. The van der Waals surface area contributed by atoms with E-state index in [4.69, 9.17) is 23.9 Å². The minimum absolute atomic E-state index is 0.174. The van der Waals surface area contributed by atoms with E-state index in [2.05, 4.69) is 9.58 Å². The third-order valence-corrected chi connectivity index (χ3v) is 7.38. The molecule has 2 unspecified atom stereocenters. The highest BCUT2D eigenvalue weighted by Crippen LogP contribution is 2.42. The maximum atomic E-state index is 14.0. The Balaban J connectivity index is 3.39. The van der Waals surface area contributed by atoms with Crippen LogP contribution in [-0.2, 0) is 9.59 Å². The van der Waals surface area contributed by atoms with Gasteiger partial charge in [-0.25, -0.2) is 19.7 Å². The highest BCUT2D eigenvalue weighted by atomic mass is 32.2. The first-order valence-corrected chi connectivity index (χ1v) is 11.6. The molecule has 33 heavy (non-hydrogen) atoms. The molecule has 1 aromatic carbocycles. The highest BCUT2D eigenvalue weighted by molar-refractivity contribution is 8.47. The number of hydrogen-bond donors (Lipinski definition) is 1. The van der Waals surface area contributed by atoms with E-state index in [1.807, 2.05) is 6.92 Å². The first kappa shape index (κ1) is 29.1. The summed E-state index contributed by atoms with van der Waals surface area (Å²) in [4.78, 5) is 27.3. The molecule has 0 amide bonds. The van der Waals surface area contributed by atoms with Crippen LogP contribution in [0, 0.1) is 35.7 Å². The summed E-state index contributed by atoms with van der Waals surface area (Å²) in [5.74, 6) is -15.4. The predicted molar refractivity (Wildman–Crippen MR) is 120 cm³/mol. The van der Waals surface area contributed by atoms with Gasteiger partial charge in [-0.3, -0.25) is 9.59 Å². The molecule has 0 saturated carbocycles. The maximum Gasteiger partial charge on any atom is 0.328 e. The van der Waals surface area contributed by atoms with E-state index in [0.717, 1.165) is 18.2 Å². The number of aliphatic carboxylic acids is 1. The number of carbonyl (C=O) groups is 2. The van der Waals surface area contributed by atoms with Crippen LogP contribution in [0.3, 0.4) is 0 Å². The van der Waals surface area contributed by atoms with Crippen molar-refractivity contribution in [2.45, 2.75) is 56.7 Å². The number of nitrogens with zero attached hydrogens (tertiary/aromatic N) is 1. The first-order valence-electron chi connectivity index (χ1n) is 9.41. The lowest BCUT2D eigenvalue weighted by Gasteiger charge is -2.30. The molecule has 0 saturated heterocycles. The van der Waals surface area contributed by atoms with Crippen molar-refractivity contribution in [3.63, 3.8) is 0 Å². The Morgan fingerprint density at radius 2 is 1.61 bits per heavy atom. The van der Waals surface area contributed by atoms with Crippen LogP contribution in [-0.4, -0.2) is 36.6 Å². The first-order chi connectivity index (χ1) is 15.2. The second kappa shape index (κ2) is 12.0. The van der Waals surface area contributed by atoms with Gasteiger partial charge in [-0.15, -0.1) is 11.8 Å². The minimum atomic E-state index is -2.41. The van der Waals surface area contributed by atoms with E-state index in [9.17, 15) is 31.5 Å². The van der Waals surface area contributed by atoms with E-state index in [1.165, 1.54) is 25.6 Å². The lowest BCUT2D eigenvalue weighted by molar-refractivity contribution is -0.137. The average molecular weight is 530 g/mol. The summed E-state index contributed by atoms with van der Waals surface area (Å²) in [6.45, 7) is 12.0. The van der Waals surface area contributed by atoms with Crippen LogP contribution in [0.2, 0.25) is 0 Å². The number of thioether (sulfide) groups is 2. The number of benzene rings is 1. The number of carbonyl (C=O) groups excluding carboxylic acids is 1. The molecular formula is C20H20F5NO4S3. The standard InChI is InChI=1S/C20H20F5NO4S3/c1-5-8-32-18(31)33-20(3,9-19(2,26-4)7-6-10(27)28)17(29)30-16-14(24)12(22)11(21)13(23)15(16)25/h5-9H2,1-3H3,(H,27,28). The van der Waals surface area contributed by atoms with Crippen molar-refractivity contribution in [1.29, 1.82) is 0 Å². The number of hydrogen-bond acceptors (Lipinski definition) is 6. The highest BCUT2D eigenvalue weighted by Gasteiger charge is 2.48. The molecule has 5 nitrogen and oxygen atoms in total. The summed E-state index contributed by atoms with van der Waals surface area (Å²) in [6.07, 6.45) is -0.216. The summed E-state index contributed by atoms with van der Waals surface area (Å²) >= 11 is 7.15. The number of halogens is 5. The van der Waals surface area contributed by atoms with Gasteiger partial charge in [0.15, 0.2) is 0 Å². The Hall–Kier alpha value is -1.91. The van der Waals surface area contributed by atoms with Crippen molar-refractivity contribution >= 4 is 51.2 Å². The van der Waals surface area contributed by atoms with Crippen LogP contribution in [0.4, 0.5) is 22.0 Å². The maximum absolute atomic E-state index is 14.0. The van der Waals surface area contributed by atoms with Gasteiger partial charge in [-0.2, -0.15) is 8.78 Å². The molecule has 0 spiro atoms. The van der Waals surface area contributed by atoms with E-state index in [0.29, 0.717) is 5.75 Å². The molecule has 1 aromatic rings. The van der Waals surface area contributed by atoms with Gasteiger partial charge in [0.25, 0.3) is 0 Å². The number of thiocarbonyl (C=S) groups is 1. The summed E-state index contributed by atoms with van der Waals surface area (Å²) in [5, 5.41) is 8.94. The topological polar surface area (TPSA) is 68.0 Å². The molecule has 0 heterocycles. The van der Waals surface area contributed by atoms with Gasteiger partial charge < -0.3 is 14.7 Å². The Morgan fingerprint density at radius 1 is 1.09 bits per heavy atom. The van der Waals surface area contributed by atoms with Crippen molar-refractivity contribution in [3.8, 4) is 5.75 Å². The van der Waals surface area contributed by atoms with Crippen molar-refractivity contribution in [1.82, 2.24) is 0 Å². The molecule has 0 radical (unpaired) electrons. The lowest BCUT2D eigenvalue weighted by Crippen LogP contribution is -2.43. The quantitative estimate of drug-likeness (QED) is 0.0743. The molecule has 182 valence electrons. The second-order valence-electron chi connectivity index (χ2n) is 7.40. The Bertz CT molecular complexity index is 958. The summed E-state index contributed by atoms with van der Waals surface area (Å²) in [6, 6.07) is 0. The fraction of sp³-hybridized carbons (Fsp3) is 0.500. The van der Waals surface area contributed by atoms with Crippen LogP contribution >= 0.6 is 35.7 Å². The largest absolute Gasteiger partial charge is 0.481 e. The predicted octanol–water partition coefficient (Wildman–Crippen LogP) is 6.14. The van der Waals surface area contributed by atoms with Gasteiger partial charge >= 0.3 is 11.9 Å². The summed E-state index contributed by atoms with van der Waals surface area (Å²) in [7, 11) is 0. The zero-order valence-electron chi connectivity index (χ0n) is 17.8. The van der Waals surface area contributed by atoms with Crippen molar-refractivity contribution in [3.05, 3.63) is 40.5 Å². The summed E-state index contributed by atoms with van der Waals surface area (Å²) in [5.41, 5.74) is -1.43. The van der Waals surface area contributed by atoms with Crippen LogP contribution < -0.4 is 4.74 Å². The number of carboxylic acid groups (broad SMARTS) is 1. The normalized spacial score (nSPS) is 14.6. The van der Waals surface area contributed by atoms with Crippen LogP contribution in [0.25, 0.3) is 4.85 Å². The van der Waals surface area contributed by atoms with Crippen LogP contribution in [0.5, 0.6) is 5.75 Å². The zero-order valence-corrected chi connectivity index (χ0v) is 20.2.